The first-order chi connectivity index (χ1) is 18.0. The molecule has 2 aromatic heterocycles. The van der Waals surface area contributed by atoms with Crippen LogP contribution >= 0.6 is 0 Å². The van der Waals surface area contributed by atoms with Crippen LogP contribution in [0.15, 0.2) is 64.4 Å². The molecule has 37 heavy (non-hydrogen) atoms. The van der Waals surface area contributed by atoms with Gasteiger partial charge in [0.15, 0.2) is 5.76 Å². The number of aromatic nitrogens is 1. The number of ether oxygens (including phenoxy) is 1. The summed E-state index contributed by atoms with van der Waals surface area (Å²) in [5.74, 6) is 0.736. The van der Waals surface area contributed by atoms with Crippen molar-refractivity contribution in [3.8, 4) is 5.75 Å². The molecule has 0 aliphatic carbocycles. The second kappa shape index (κ2) is 12.2. The highest BCUT2D eigenvalue weighted by Crippen LogP contribution is 2.30. The number of furan rings is 1. The van der Waals surface area contributed by atoms with Crippen LogP contribution in [0.5, 0.6) is 5.75 Å². The summed E-state index contributed by atoms with van der Waals surface area (Å²) in [7, 11) is 1.40. The molecule has 9 nitrogen and oxygen atoms in total. The van der Waals surface area contributed by atoms with Crippen molar-refractivity contribution in [1.29, 1.82) is 0 Å². The van der Waals surface area contributed by atoms with Gasteiger partial charge in [-0.1, -0.05) is 23.4 Å². The van der Waals surface area contributed by atoms with Crippen LogP contribution < -0.4 is 10.1 Å². The fourth-order valence-corrected chi connectivity index (χ4v) is 4.50. The number of amides is 2. The minimum atomic E-state index is -0.251. The van der Waals surface area contributed by atoms with Gasteiger partial charge in [0.25, 0.3) is 11.8 Å². The fourth-order valence-electron chi connectivity index (χ4n) is 4.50. The zero-order chi connectivity index (χ0) is 26.2. The minimum absolute atomic E-state index is 0.0480. The van der Waals surface area contributed by atoms with E-state index < -0.39 is 0 Å². The Morgan fingerprint density at radius 1 is 1.14 bits per heavy atom. The average molecular weight is 505 g/mol. The number of pyridine rings is 1. The summed E-state index contributed by atoms with van der Waals surface area (Å²) in [6.07, 6.45) is 2.84. The predicted molar refractivity (Wildman–Crippen MR) is 139 cm³/mol. The molecule has 0 unspecified atom stereocenters. The smallest absolute Gasteiger partial charge is 0.279 e. The molecule has 0 saturated carbocycles. The average Bonchev–Trinajstić information content (AvgIpc) is 3.46. The van der Waals surface area contributed by atoms with Crippen LogP contribution in [0, 0.1) is 6.92 Å². The van der Waals surface area contributed by atoms with Gasteiger partial charge in [0.2, 0.25) is 5.71 Å². The van der Waals surface area contributed by atoms with Gasteiger partial charge in [0.05, 0.1) is 24.1 Å². The molecule has 0 bridgehead atoms. The molecule has 1 aliphatic heterocycles. The molecular weight excluding hydrogens is 472 g/mol. The Morgan fingerprint density at radius 3 is 2.62 bits per heavy atom. The van der Waals surface area contributed by atoms with Crippen LogP contribution in [0.1, 0.15) is 58.8 Å². The molecular formula is C28H32N4O5. The number of rotatable bonds is 9. The maximum absolute atomic E-state index is 13.2. The van der Waals surface area contributed by atoms with Gasteiger partial charge in [-0.3, -0.25) is 14.6 Å². The Morgan fingerprint density at radius 2 is 1.92 bits per heavy atom. The van der Waals surface area contributed by atoms with Crippen LogP contribution in [0.2, 0.25) is 0 Å². The molecule has 194 valence electrons. The molecule has 1 aliphatic rings. The Bertz CT molecular complexity index is 1250. The van der Waals surface area contributed by atoms with Crippen molar-refractivity contribution in [1.82, 2.24) is 15.2 Å². The molecule has 0 radical (unpaired) electrons. The number of carbonyl (C=O) groups is 2. The van der Waals surface area contributed by atoms with Crippen molar-refractivity contribution in [3.05, 3.63) is 83.1 Å². The Labute approximate surface area is 216 Å². The van der Waals surface area contributed by atoms with Gasteiger partial charge in [0.1, 0.15) is 12.9 Å². The third kappa shape index (κ3) is 6.17. The van der Waals surface area contributed by atoms with E-state index in [1.165, 1.54) is 13.4 Å². The fraction of sp³-hybridized carbons (Fsp3) is 0.357. The number of oxime groups is 1. The van der Waals surface area contributed by atoms with Gasteiger partial charge < -0.3 is 24.2 Å². The first kappa shape index (κ1) is 25.9. The first-order valence-corrected chi connectivity index (χ1v) is 12.4. The normalized spacial score (nSPS) is 14.4. The number of piperidine rings is 1. The number of nitrogens with one attached hydrogen (secondary N) is 1. The SMILES string of the molecule is CCOc1ccccc1CNC(=O)c1ccc(C)nc1C1CCN(C(=O)/C(=N/OC)c2ccco2)CC1. The molecule has 2 amide bonds. The lowest BCUT2D eigenvalue weighted by Gasteiger charge is -2.32. The van der Waals surface area contributed by atoms with Crippen LogP contribution in [0.4, 0.5) is 0 Å². The van der Waals surface area contributed by atoms with E-state index >= 15 is 0 Å². The predicted octanol–water partition coefficient (Wildman–Crippen LogP) is 4.07. The third-order valence-electron chi connectivity index (χ3n) is 6.33. The number of aryl methyl sites for hydroxylation is 1. The van der Waals surface area contributed by atoms with E-state index in [2.05, 4.69) is 10.5 Å². The molecule has 1 N–H and O–H groups in total. The number of benzene rings is 1. The highest BCUT2D eigenvalue weighted by atomic mass is 16.6. The maximum atomic E-state index is 13.2. The number of carbonyl (C=O) groups excluding carboxylic acids is 2. The van der Waals surface area contributed by atoms with Crippen molar-refractivity contribution in [2.45, 2.75) is 39.2 Å². The lowest BCUT2D eigenvalue weighted by Crippen LogP contribution is -2.42. The number of para-hydroxylation sites is 1. The number of hydrogen-bond acceptors (Lipinski definition) is 7. The summed E-state index contributed by atoms with van der Waals surface area (Å²) in [5, 5.41) is 6.91. The molecule has 0 atom stereocenters. The summed E-state index contributed by atoms with van der Waals surface area (Å²) in [6.45, 7) is 5.76. The van der Waals surface area contributed by atoms with E-state index in [-0.39, 0.29) is 23.4 Å². The van der Waals surface area contributed by atoms with E-state index in [0.717, 1.165) is 22.7 Å². The number of hydrogen-bond donors (Lipinski definition) is 1. The van der Waals surface area contributed by atoms with Gasteiger partial charge in [-0.15, -0.1) is 0 Å². The molecule has 1 saturated heterocycles. The van der Waals surface area contributed by atoms with Gasteiger partial charge in [-0.2, -0.15) is 0 Å². The second-order valence-electron chi connectivity index (χ2n) is 8.78. The van der Waals surface area contributed by atoms with E-state index in [9.17, 15) is 9.59 Å². The van der Waals surface area contributed by atoms with Gasteiger partial charge in [-0.25, -0.2) is 0 Å². The Kier molecular flexibility index (Phi) is 8.56. The highest BCUT2D eigenvalue weighted by Gasteiger charge is 2.31. The van der Waals surface area contributed by atoms with Crippen LogP contribution in [-0.4, -0.2) is 54.2 Å². The first-order valence-electron chi connectivity index (χ1n) is 12.4. The van der Waals surface area contributed by atoms with E-state index in [4.69, 9.17) is 19.0 Å². The molecule has 3 heterocycles. The summed E-state index contributed by atoms with van der Waals surface area (Å²) in [6, 6.07) is 14.7. The molecule has 1 aromatic carbocycles. The standard InChI is InChI=1S/C28H32N4O5/c1-4-36-23-9-6-5-8-21(23)18-29-27(33)22-12-11-19(2)30-25(22)20-13-15-32(16-14-20)28(34)26(31-35-3)24-10-7-17-37-24/h5-12,17,20H,4,13-16,18H2,1-3H3,(H,29,33)/b31-26+. The molecule has 4 rings (SSSR count). The maximum Gasteiger partial charge on any atom is 0.279 e. The summed E-state index contributed by atoms with van der Waals surface area (Å²) in [5.41, 5.74) is 3.21. The third-order valence-corrected chi connectivity index (χ3v) is 6.33. The van der Waals surface area contributed by atoms with E-state index in [1.807, 2.05) is 50.2 Å². The summed E-state index contributed by atoms with van der Waals surface area (Å²) in [4.78, 5) is 37.7. The second-order valence-corrected chi connectivity index (χ2v) is 8.78. The zero-order valence-electron chi connectivity index (χ0n) is 21.4. The molecule has 3 aromatic rings. The minimum Gasteiger partial charge on any atom is -0.494 e. The van der Waals surface area contributed by atoms with E-state index in [0.29, 0.717) is 50.4 Å². The van der Waals surface area contributed by atoms with Crippen molar-refractivity contribution in [3.63, 3.8) is 0 Å². The van der Waals surface area contributed by atoms with Crippen molar-refractivity contribution < 1.29 is 23.6 Å². The van der Waals surface area contributed by atoms with E-state index in [1.54, 1.807) is 17.0 Å². The van der Waals surface area contributed by atoms with Crippen LogP contribution in [0.3, 0.4) is 0 Å². The largest absolute Gasteiger partial charge is 0.494 e. The topological polar surface area (TPSA) is 106 Å². The Balaban J connectivity index is 1.45. The van der Waals surface area contributed by atoms with Crippen molar-refractivity contribution in [2.75, 3.05) is 26.8 Å². The monoisotopic (exact) mass is 504 g/mol. The molecule has 0 spiro atoms. The summed E-state index contributed by atoms with van der Waals surface area (Å²) < 4.78 is 11.0. The number of likely N-dealkylation sites (tertiary alicyclic amines) is 1. The zero-order valence-corrected chi connectivity index (χ0v) is 21.4. The van der Waals surface area contributed by atoms with Crippen molar-refractivity contribution in [2.24, 2.45) is 5.16 Å². The van der Waals surface area contributed by atoms with Crippen LogP contribution in [-0.2, 0) is 16.2 Å². The van der Waals surface area contributed by atoms with Gasteiger partial charge in [-0.05, 0) is 57.0 Å². The van der Waals surface area contributed by atoms with Gasteiger partial charge in [0, 0.05) is 36.8 Å². The summed E-state index contributed by atoms with van der Waals surface area (Å²) >= 11 is 0. The molecule has 9 heteroatoms. The lowest BCUT2D eigenvalue weighted by atomic mass is 9.89. The quantitative estimate of drug-likeness (QED) is 0.348. The van der Waals surface area contributed by atoms with Crippen LogP contribution in [0.25, 0.3) is 0 Å². The Hall–Kier alpha value is -4.14. The highest BCUT2D eigenvalue weighted by molar-refractivity contribution is 6.44. The van der Waals surface area contributed by atoms with Crippen molar-refractivity contribution >= 4 is 17.5 Å². The van der Waals surface area contributed by atoms with Gasteiger partial charge >= 0.3 is 0 Å². The number of nitrogens with zero attached hydrogens (tertiary/aromatic N) is 3. The lowest BCUT2D eigenvalue weighted by molar-refractivity contribution is -0.125. The molecule has 1 fully saturated rings.